The third-order valence-electron chi connectivity index (χ3n) is 10.4. The van der Waals surface area contributed by atoms with Crippen LogP contribution in [-0.2, 0) is 9.47 Å². The number of methoxy groups -OCH3 is 1. The molecule has 1 amide bonds. The summed E-state index contributed by atoms with van der Waals surface area (Å²) in [4.78, 5) is 17.2. The van der Waals surface area contributed by atoms with E-state index in [-0.39, 0.29) is 23.9 Å². The number of benzene rings is 1. The minimum absolute atomic E-state index is 0.0454. The Bertz CT molecular complexity index is 1590. The molecule has 3 aliphatic heterocycles. The highest BCUT2D eigenvalue weighted by atomic mass is 35.5. The molecule has 46 heavy (non-hydrogen) atoms. The maximum absolute atomic E-state index is 12.9. The van der Waals surface area contributed by atoms with Crippen molar-refractivity contribution in [3.05, 3.63) is 23.0 Å². The Labute approximate surface area is 276 Å². The lowest BCUT2D eigenvalue weighted by Crippen LogP contribution is -2.65. The summed E-state index contributed by atoms with van der Waals surface area (Å²) >= 11 is 7.05. The van der Waals surface area contributed by atoms with Crippen molar-refractivity contribution in [1.82, 2.24) is 29.8 Å². The van der Waals surface area contributed by atoms with E-state index in [1.165, 1.54) is 6.42 Å². The molecule has 1 spiro atoms. The molecule has 1 N–H and O–H groups in total. The summed E-state index contributed by atoms with van der Waals surface area (Å²) in [5, 5.41) is 15.5. The molecule has 3 aromatic rings. The maximum Gasteiger partial charge on any atom is 0.410 e. The van der Waals surface area contributed by atoms with E-state index in [2.05, 4.69) is 21.8 Å². The maximum atomic E-state index is 12.9. The van der Waals surface area contributed by atoms with Crippen LogP contribution in [0.25, 0.3) is 22.0 Å². The lowest BCUT2D eigenvalue weighted by Gasteiger charge is -2.53. The van der Waals surface area contributed by atoms with E-state index in [4.69, 9.17) is 36.0 Å². The van der Waals surface area contributed by atoms with Crippen molar-refractivity contribution in [2.45, 2.75) is 102 Å². The third kappa shape index (κ3) is 5.52. The average molecular weight is 654 g/mol. The van der Waals surface area contributed by atoms with E-state index in [1.54, 1.807) is 7.11 Å². The van der Waals surface area contributed by atoms with Crippen molar-refractivity contribution in [1.29, 1.82) is 0 Å². The fourth-order valence-electron chi connectivity index (χ4n) is 7.90. The van der Waals surface area contributed by atoms with Crippen LogP contribution in [-0.4, -0.2) is 88.1 Å². The molecule has 0 radical (unpaired) electrons. The highest BCUT2D eigenvalue weighted by molar-refractivity contribution is 6.34. The lowest BCUT2D eigenvalue weighted by atomic mass is 9.74. The second-order valence-electron chi connectivity index (χ2n) is 14.4. The van der Waals surface area contributed by atoms with Crippen LogP contribution in [0.4, 0.5) is 10.6 Å². The number of hydrogen-bond donors (Lipinski definition) is 1. The Morgan fingerprint density at radius 3 is 2.52 bits per heavy atom. The standard InChI is InChI=1S/C34H48ClN7O4/c1-22-28(29-24-20-37-42(27-9-6-7-18-45-27)26(24)19-25(35)30(29)44-5)31(40-17-14-36-21-34(40)12-8-13-34)38-41(22)23-10-15-39(16-11-23)32(43)46-33(2,3)4/h19-20,23,27,36H,6-18,21H2,1-5H3. The molecular formula is C34H48ClN7O4. The van der Waals surface area contributed by atoms with Gasteiger partial charge >= 0.3 is 6.09 Å². The van der Waals surface area contributed by atoms with Crippen LogP contribution in [0.3, 0.4) is 0 Å². The molecule has 1 saturated carbocycles. The summed E-state index contributed by atoms with van der Waals surface area (Å²) in [6, 6.07) is 2.11. The third-order valence-corrected chi connectivity index (χ3v) is 10.6. The Morgan fingerprint density at radius 1 is 1.09 bits per heavy atom. The lowest BCUT2D eigenvalue weighted by molar-refractivity contribution is -0.0366. The predicted octanol–water partition coefficient (Wildman–Crippen LogP) is 6.47. The van der Waals surface area contributed by atoms with E-state index >= 15 is 0 Å². The van der Waals surface area contributed by atoms with Crippen molar-refractivity contribution in [2.75, 3.05) is 51.3 Å². The normalized spacial score (nSPS) is 22.3. The highest BCUT2D eigenvalue weighted by Crippen LogP contribution is 2.51. The summed E-state index contributed by atoms with van der Waals surface area (Å²) < 4.78 is 22.1. The number of anilines is 1. The van der Waals surface area contributed by atoms with Gasteiger partial charge in [-0.3, -0.25) is 4.68 Å². The van der Waals surface area contributed by atoms with Gasteiger partial charge < -0.3 is 29.3 Å². The molecule has 1 unspecified atom stereocenters. The first-order valence-electron chi connectivity index (χ1n) is 17.0. The highest BCUT2D eigenvalue weighted by Gasteiger charge is 2.46. The van der Waals surface area contributed by atoms with E-state index in [1.807, 2.05) is 42.6 Å². The minimum atomic E-state index is -0.518. The number of fused-ring (bicyclic) bond motifs is 1. The topological polar surface area (TPSA) is 98.9 Å². The van der Waals surface area contributed by atoms with Gasteiger partial charge in [-0.15, -0.1) is 0 Å². The van der Waals surface area contributed by atoms with Crippen LogP contribution in [0.5, 0.6) is 5.75 Å². The SMILES string of the molecule is COc1c(Cl)cc2c(cnn2C2CCCCO2)c1-c1c(N2CCNCC23CCC3)nn(C2CCN(C(=O)OC(C)(C)C)CC2)c1C. The molecule has 1 aliphatic carbocycles. The second kappa shape index (κ2) is 12.2. The number of piperidine rings is 1. The Balaban J connectivity index is 1.34. The summed E-state index contributed by atoms with van der Waals surface area (Å²) in [7, 11) is 1.69. The number of nitrogens with zero attached hydrogens (tertiary/aromatic N) is 6. The number of piperazine rings is 1. The molecule has 1 aromatic carbocycles. The van der Waals surface area contributed by atoms with Crippen molar-refractivity contribution in [3.63, 3.8) is 0 Å². The summed E-state index contributed by atoms with van der Waals surface area (Å²) in [5.74, 6) is 1.62. The largest absolute Gasteiger partial charge is 0.495 e. The second-order valence-corrected chi connectivity index (χ2v) is 14.9. The van der Waals surface area contributed by atoms with Gasteiger partial charge in [-0.25, -0.2) is 9.48 Å². The van der Waals surface area contributed by atoms with Gasteiger partial charge in [0.15, 0.2) is 12.0 Å². The molecule has 1 atom stereocenters. The minimum Gasteiger partial charge on any atom is -0.495 e. The van der Waals surface area contributed by atoms with Gasteiger partial charge in [0.05, 0.1) is 41.0 Å². The van der Waals surface area contributed by atoms with Gasteiger partial charge in [0, 0.05) is 56.0 Å². The quantitative estimate of drug-likeness (QED) is 0.334. The first kappa shape index (κ1) is 31.6. The Kier molecular flexibility index (Phi) is 8.38. The number of nitrogens with one attached hydrogen (secondary N) is 1. The van der Waals surface area contributed by atoms with Crippen molar-refractivity contribution < 1.29 is 19.0 Å². The van der Waals surface area contributed by atoms with Gasteiger partial charge in [-0.1, -0.05) is 11.6 Å². The first-order chi connectivity index (χ1) is 22.1. The van der Waals surface area contributed by atoms with E-state index in [0.717, 1.165) is 105 Å². The average Bonchev–Trinajstić information content (AvgIpc) is 3.60. The first-order valence-corrected chi connectivity index (χ1v) is 17.4. The zero-order chi connectivity index (χ0) is 32.2. The number of halogens is 1. The summed E-state index contributed by atoms with van der Waals surface area (Å²) in [5.41, 5.74) is 3.53. The smallest absolute Gasteiger partial charge is 0.410 e. The number of carbonyl (C=O) groups excluding carboxylic acids is 1. The molecule has 5 heterocycles. The fourth-order valence-corrected chi connectivity index (χ4v) is 8.17. The number of rotatable bonds is 5. The molecular weight excluding hydrogens is 606 g/mol. The van der Waals surface area contributed by atoms with Crippen molar-refractivity contribution >= 4 is 34.4 Å². The van der Waals surface area contributed by atoms with Gasteiger partial charge in [0.25, 0.3) is 0 Å². The molecule has 2 aromatic heterocycles. The Morgan fingerprint density at radius 2 is 1.87 bits per heavy atom. The van der Waals surface area contributed by atoms with Crippen LogP contribution in [0.1, 0.15) is 90.1 Å². The van der Waals surface area contributed by atoms with Crippen LogP contribution >= 0.6 is 11.6 Å². The van der Waals surface area contributed by atoms with Crippen LogP contribution in [0.2, 0.25) is 5.02 Å². The van der Waals surface area contributed by atoms with Gasteiger partial charge in [-0.2, -0.15) is 10.2 Å². The molecule has 250 valence electrons. The predicted molar refractivity (Wildman–Crippen MR) is 179 cm³/mol. The molecule has 3 saturated heterocycles. The van der Waals surface area contributed by atoms with Gasteiger partial charge in [0.2, 0.25) is 0 Å². The van der Waals surface area contributed by atoms with E-state index in [0.29, 0.717) is 23.9 Å². The number of carbonyl (C=O) groups is 1. The number of hydrogen-bond acceptors (Lipinski definition) is 8. The molecule has 4 aliphatic rings. The van der Waals surface area contributed by atoms with Gasteiger partial charge in [-0.05, 0) is 85.1 Å². The molecule has 12 heteroatoms. The summed E-state index contributed by atoms with van der Waals surface area (Å²) in [6.45, 7) is 12.6. The summed E-state index contributed by atoms with van der Waals surface area (Å²) in [6.07, 6.45) is 9.76. The van der Waals surface area contributed by atoms with Crippen LogP contribution < -0.4 is 15.0 Å². The monoisotopic (exact) mass is 653 g/mol. The van der Waals surface area contributed by atoms with Crippen molar-refractivity contribution in [3.8, 4) is 16.9 Å². The Hall–Kier alpha value is -3.02. The molecule has 4 fully saturated rings. The number of aromatic nitrogens is 4. The van der Waals surface area contributed by atoms with Crippen molar-refractivity contribution in [2.24, 2.45) is 0 Å². The van der Waals surface area contributed by atoms with E-state index < -0.39 is 5.60 Å². The molecule has 11 nitrogen and oxygen atoms in total. The molecule has 0 bridgehead atoms. The number of ether oxygens (including phenoxy) is 3. The van der Waals surface area contributed by atoms with Crippen LogP contribution in [0, 0.1) is 6.92 Å². The van der Waals surface area contributed by atoms with Gasteiger partial charge in [0.1, 0.15) is 11.4 Å². The fraction of sp³-hybridized carbons (Fsp3) is 0.676. The zero-order valence-corrected chi connectivity index (χ0v) is 28.7. The number of likely N-dealkylation sites (tertiary alicyclic amines) is 1. The van der Waals surface area contributed by atoms with E-state index in [9.17, 15) is 4.79 Å². The molecule has 7 rings (SSSR count). The number of amides is 1. The zero-order valence-electron chi connectivity index (χ0n) is 27.9. The van der Waals surface area contributed by atoms with Crippen LogP contribution in [0.15, 0.2) is 12.3 Å².